The predicted octanol–water partition coefficient (Wildman–Crippen LogP) is -1.39. The van der Waals surface area contributed by atoms with E-state index in [-0.39, 0.29) is 11.8 Å². The van der Waals surface area contributed by atoms with Crippen molar-refractivity contribution in [3.63, 3.8) is 0 Å². The minimum Gasteiger partial charge on any atom is -0.368 e. The molecular weight excluding hydrogens is 120 g/mol. The lowest BCUT2D eigenvalue weighted by Crippen LogP contribution is -2.21. The number of hydrogen-bond donors (Lipinski definition) is 2. The average molecular weight is 124 g/mol. The smallest absolute Gasteiger partial charge is 0.224 e. The van der Waals surface area contributed by atoms with Gasteiger partial charge in [-0.15, -0.1) is 0 Å². The van der Waals surface area contributed by atoms with Crippen LogP contribution in [-0.4, -0.2) is 18.2 Å². The van der Waals surface area contributed by atoms with Crippen molar-refractivity contribution < 1.29 is 4.79 Å². The number of rotatable bonds is 0. The Bertz CT molecular complexity index is 223. The molecular formula is C4H4N4O. The summed E-state index contributed by atoms with van der Waals surface area (Å²) in [6, 6.07) is 0. The van der Waals surface area contributed by atoms with E-state index in [9.17, 15) is 4.79 Å². The van der Waals surface area contributed by atoms with Gasteiger partial charge >= 0.3 is 0 Å². The summed E-state index contributed by atoms with van der Waals surface area (Å²) in [6.07, 6.45) is 1.28. The zero-order chi connectivity index (χ0) is 6.69. The third-order valence-electron chi connectivity index (χ3n) is 0.721. The summed E-state index contributed by atoms with van der Waals surface area (Å²) in [5, 5.41) is 2.43. The summed E-state index contributed by atoms with van der Waals surface area (Å²) in [4.78, 5) is 16.9. The lowest BCUT2D eigenvalue weighted by molar-refractivity contribution is 0.565. The Morgan fingerprint density at radius 3 is 3.00 bits per heavy atom. The van der Waals surface area contributed by atoms with Crippen LogP contribution in [0.1, 0.15) is 0 Å². The van der Waals surface area contributed by atoms with Gasteiger partial charge in [-0.25, -0.2) is 9.79 Å². The molecule has 5 heteroatoms. The summed E-state index contributed by atoms with van der Waals surface area (Å²) in [7, 11) is 0. The molecule has 0 atom stereocenters. The highest BCUT2D eigenvalue weighted by atomic mass is 16.1. The highest BCUT2D eigenvalue weighted by molar-refractivity contribution is 5.90. The number of guanidine groups is 1. The molecule has 0 saturated heterocycles. The molecule has 1 heterocycles. The fraction of sp³-hybridized carbons (Fsp3) is 0. The molecule has 0 unspecified atom stereocenters. The summed E-state index contributed by atoms with van der Waals surface area (Å²) in [5.41, 5.74) is 5.11. The molecule has 1 rings (SSSR count). The lowest BCUT2D eigenvalue weighted by atomic mass is 10.7. The third-order valence-corrected chi connectivity index (χ3v) is 0.721. The Morgan fingerprint density at radius 2 is 2.56 bits per heavy atom. The average Bonchev–Trinajstić information content (AvgIpc) is 1.88. The predicted molar refractivity (Wildman–Crippen MR) is 32.5 cm³/mol. The van der Waals surface area contributed by atoms with E-state index in [2.05, 4.69) is 15.3 Å². The molecule has 1 aliphatic heterocycles. The summed E-state index contributed by atoms with van der Waals surface area (Å²) < 4.78 is 0. The first-order valence-corrected chi connectivity index (χ1v) is 2.21. The van der Waals surface area contributed by atoms with E-state index >= 15 is 0 Å². The van der Waals surface area contributed by atoms with Crippen LogP contribution >= 0.6 is 0 Å². The first-order chi connectivity index (χ1) is 4.33. The van der Waals surface area contributed by atoms with E-state index in [0.29, 0.717) is 0 Å². The second-order valence-electron chi connectivity index (χ2n) is 1.32. The number of nitrogens with one attached hydrogen (secondary N) is 1. The van der Waals surface area contributed by atoms with E-state index in [1.54, 1.807) is 0 Å². The SMILES string of the molecule is NC1=NC(=C=O)NC=N1. The minimum absolute atomic E-state index is 0.0579. The van der Waals surface area contributed by atoms with Gasteiger partial charge in [0, 0.05) is 0 Å². The number of carbonyl (C=O) groups excluding carboxylic acids is 1. The molecule has 0 bridgehead atoms. The molecule has 9 heavy (non-hydrogen) atoms. The van der Waals surface area contributed by atoms with Gasteiger partial charge in [-0.3, -0.25) is 0 Å². The summed E-state index contributed by atoms with van der Waals surface area (Å²) in [6.45, 7) is 0. The molecule has 0 aromatic heterocycles. The van der Waals surface area contributed by atoms with E-state index in [1.165, 1.54) is 12.3 Å². The topological polar surface area (TPSA) is 79.8 Å². The third kappa shape index (κ3) is 1.14. The first-order valence-electron chi connectivity index (χ1n) is 2.21. The Hall–Kier alpha value is -1.61. The Morgan fingerprint density at radius 1 is 1.78 bits per heavy atom. The van der Waals surface area contributed by atoms with Crippen molar-refractivity contribution in [3.05, 3.63) is 5.82 Å². The van der Waals surface area contributed by atoms with Gasteiger partial charge in [-0.2, -0.15) is 4.99 Å². The highest BCUT2D eigenvalue weighted by Crippen LogP contribution is 1.87. The van der Waals surface area contributed by atoms with Crippen LogP contribution in [0.5, 0.6) is 0 Å². The van der Waals surface area contributed by atoms with Crippen LogP contribution in [0.25, 0.3) is 0 Å². The summed E-state index contributed by atoms with van der Waals surface area (Å²) in [5.74, 6) is 1.65. The number of nitrogens with two attached hydrogens (primary N) is 1. The highest BCUT2D eigenvalue weighted by Gasteiger charge is 1.97. The standard InChI is InChI=1S/C4H4N4O/c5-4-7-2-6-3(1-9)8-4/h2H,(H3,5,6,7,8). The maximum Gasteiger partial charge on any atom is 0.224 e. The van der Waals surface area contributed by atoms with Gasteiger partial charge in [0.15, 0.2) is 5.94 Å². The van der Waals surface area contributed by atoms with Gasteiger partial charge in [0.1, 0.15) is 0 Å². The van der Waals surface area contributed by atoms with Crippen molar-refractivity contribution in [3.8, 4) is 0 Å². The fourth-order valence-corrected chi connectivity index (χ4v) is 0.388. The monoisotopic (exact) mass is 124 g/mol. The zero-order valence-electron chi connectivity index (χ0n) is 4.46. The number of aliphatic imine (C=N–C) groups is 2. The van der Waals surface area contributed by atoms with Crippen molar-refractivity contribution in [1.82, 2.24) is 5.32 Å². The van der Waals surface area contributed by atoms with Crippen molar-refractivity contribution in [1.29, 1.82) is 0 Å². The van der Waals surface area contributed by atoms with Gasteiger partial charge in [0.2, 0.25) is 11.8 Å². The maximum atomic E-state index is 9.86. The van der Waals surface area contributed by atoms with Crippen LogP contribution in [0.3, 0.4) is 0 Å². The van der Waals surface area contributed by atoms with Crippen LogP contribution in [0.15, 0.2) is 15.8 Å². The zero-order valence-corrected chi connectivity index (χ0v) is 4.46. The van der Waals surface area contributed by atoms with Gasteiger partial charge in [-0.05, 0) is 0 Å². The van der Waals surface area contributed by atoms with Crippen molar-refractivity contribution >= 4 is 18.2 Å². The molecule has 0 spiro atoms. The van der Waals surface area contributed by atoms with Crippen molar-refractivity contribution in [2.75, 3.05) is 0 Å². The first kappa shape index (κ1) is 5.53. The Balaban J connectivity index is 2.90. The van der Waals surface area contributed by atoms with E-state index < -0.39 is 0 Å². The molecule has 5 nitrogen and oxygen atoms in total. The van der Waals surface area contributed by atoms with Gasteiger partial charge in [0.25, 0.3) is 0 Å². The van der Waals surface area contributed by atoms with Crippen LogP contribution in [0.4, 0.5) is 0 Å². The maximum absolute atomic E-state index is 9.86. The molecule has 0 fully saturated rings. The van der Waals surface area contributed by atoms with Gasteiger partial charge in [-0.1, -0.05) is 0 Å². The second kappa shape index (κ2) is 2.11. The molecule has 0 amide bonds. The molecule has 0 aliphatic carbocycles. The van der Waals surface area contributed by atoms with Crippen LogP contribution in [-0.2, 0) is 4.79 Å². The molecule has 0 aromatic carbocycles. The van der Waals surface area contributed by atoms with E-state index in [4.69, 9.17) is 5.73 Å². The Labute approximate surface area is 51.0 Å². The van der Waals surface area contributed by atoms with Crippen molar-refractivity contribution in [2.24, 2.45) is 15.7 Å². The fourth-order valence-electron chi connectivity index (χ4n) is 0.388. The Kier molecular flexibility index (Phi) is 1.29. The molecule has 46 valence electrons. The van der Waals surface area contributed by atoms with Crippen molar-refractivity contribution in [2.45, 2.75) is 0 Å². The second-order valence-corrected chi connectivity index (χ2v) is 1.32. The summed E-state index contributed by atoms with van der Waals surface area (Å²) >= 11 is 0. The quantitative estimate of drug-likeness (QED) is 0.390. The number of hydrogen-bond acceptors (Lipinski definition) is 5. The molecule has 1 aliphatic rings. The largest absolute Gasteiger partial charge is 0.368 e. The van der Waals surface area contributed by atoms with Crippen LogP contribution in [0, 0.1) is 0 Å². The minimum atomic E-state index is 0.0579. The molecule has 3 N–H and O–H groups in total. The van der Waals surface area contributed by atoms with Crippen LogP contribution < -0.4 is 11.1 Å². The normalized spacial score (nSPS) is 16.0. The number of nitrogens with zero attached hydrogens (tertiary/aromatic N) is 2. The van der Waals surface area contributed by atoms with E-state index in [1.807, 2.05) is 0 Å². The van der Waals surface area contributed by atoms with Gasteiger partial charge in [0.05, 0.1) is 6.34 Å². The molecule has 0 aromatic rings. The van der Waals surface area contributed by atoms with Gasteiger partial charge < -0.3 is 11.1 Å². The van der Waals surface area contributed by atoms with Crippen LogP contribution in [0.2, 0.25) is 0 Å². The molecule has 0 saturated carbocycles. The molecule has 0 radical (unpaired) electrons. The lowest BCUT2D eigenvalue weighted by Gasteiger charge is -2.00. The van der Waals surface area contributed by atoms with E-state index in [0.717, 1.165) is 0 Å².